The number of carbonyl (C=O) groups is 2. The van der Waals surface area contributed by atoms with Gasteiger partial charge < -0.3 is 5.32 Å². The number of halogens is 1. The molecule has 1 aliphatic rings. The Hall–Kier alpha value is -1.42. The van der Waals surface area contributed by atoms with E-state index in [4.69, 9.17) is 11.6 Å². The summed E-state index contributed by atoms with van der Waals surface area (Å²) in [6, 6.07) is 3.21. The number of amides is 1. The summed E-state index contributed by atoms with van der Waals surface area (Å²) in [5, 5.41) is 2.50. The van der Waals surface area contributed by atoms with Crippen molar-refractivity contribution in [2.24, 2.45) is 5.92 Å². The zero-order valence-electron chi connectivity index (χ0n) is 10.2. The number of nitrogens with one attached hydrogen (secondary N) is 1. The Morgan fingerprint density at radius 3 is 2.72 bits per heavy atom. The Morgan fingerprint density at radius 1 is 1.44 bits per heavy atom. The van der Waals surface area contributed by atoms with Crippen LogP contribution in [-0.2, 0) is 5.88 Å². The van der Waals surface area contributed by atoms with Crippen molar-refractivity contribution < 1.29 is 9.59 Å². The van der Waals surface area contributed by atoms with Gasteiger partial charge in [-0.15, -0.1) is 11.6 Å². The summed E-state index contributed by atoms with van der Waals surface area (Å²) < 4.78 is 0. The molecular weight excluding hydrogens is 252 g/mol. The Balaban J connectivity index is 2.27. The molecule has 0 saturated heterocycles. The zero-order valence-corrected chi connectivity index (χ0v) is 11.0. The molecule has 0 unspecified atom stereocenters. The Bertz CT molecular complexity index is 484. The van der Waals surface area contributed by atoms with E-state index in [1.807, 2.05) is 0 Å². The number of alkyl halides is 1. The van der Waals surface area contributed by atoms with E-state index in [0.717, 1.165) is 12.8 Å². The van der Waals surface area contributed by atoms with Gasteiger partial charge in [-0.25, -0.2) is 4.98 Å². The minimum atomic E-state index is -0.303. The van der Waals surface area contributed by atoms with Gasteiger partial charge in [-0.2, -0.15) is 0 Å². The molecule has 0 spiro atoms. The van der Waals surface area contributed by atoms with Crippen LogP contribution in [0.3, 0.4) is 0 Å². The number of hydrogen-bond acceptors (Lipinski definition) is 3. The van der Waals surface area contributed by atoms with Gasteiger partial charge in [-0.1, -0.05) is 0 Å². The van der Waals surface area contributed by atoms with E-state index in [-0.39, 0.29) is 23.3 Å². The molecule has 1 saturated carbocycles. The number of hydrogen-bond donors (Lipinski definition) is 1. The standard InChI is InChI=1S/C13H15ClN2O2/c1-15-13(18)11-6-9(5-10(7-14)16-11)12(17)4-8-2-3-8/h5-6,8H,2-4,7H2,1H3,(H,15,18). The Morgan fingerprint density at radius 2 is 2.17 bits per heavy atom. The van der Waals surface area contributed by atoms with Gasteiger partial charge in [0.1, 0.15) is 5.69 Å². The lowest BCUT2D eigenvalue weighted by molar-refractivity contribution is 0.0958. The Kier molecular flexibility index (Phi) is 3.97. The van der Waals surface area contributed by atoms with Gasteiger partial charge in [0, 0.05) is 19.0 Å². The highest BCUT2D eigenvalue weighted by molar-refractivity contribution is 6.17. The highest BCUT2D eigenvalue weighted by Crippen LogP contribution is 2.33. The van der Waals surface area contributed by atoms with E-state index in [2.05, 4.69) is 10.3 Å². The second kappa shape index (κ2) is 5.48. The largest absolute Gasteiger partial charge is 0.354 e. The summed E-state index contributed by atoms with van der Waals surface area (Å²) in [7, 11) is 1.53. The number of carbonyl (C=O) groups excluding carboxylic acids is 2. The second-order valence-corrected chi connectivity index (χ2v) is 4.78. The van der Waals surface area contributed by atoms with E-state index < -0.39 is 0 Å². The molecule has 1 fully saturated rings. The van der Waals surface area contributed by atoms with Crippen LogP contribution in [0.1, 0.15) is 45.8 Å². The third-order valence-corrected chi connectivity index (χ3v) is 3.24. The quantitative estimate of drug-likeness (QED) is 0.656. The lowest BCUT2D eigenvalue weighted by atomic mass is 10.0. The predicted molar refractivity (Wildman–Crippen MR) is 68.9 cm³/mol. The van der Waals surface area contributed by atoms with Crippen molar-refractivity contribution in [2.45, 2.75) is 25.1 Å². The van der Waals surface area contributed by atoms with E-state index in [1.165, 1.54) is 7.05 Å². The molecule has 5 heteroatoms. The van der Waals surface area contributed by atoms with Crippen molar-refractivity contribution in [3.05, 3.63) is 29.1 Å². The predicted octanol–water partition coefficient (Wildman–Crippen LogP) is 2.16. The summed E-state index contributed by atoms with van der Waals surface area (Å²) in [6.07, 6.45) is 2.81. The fourth-order valence-corrected chi connectivity index (χ4v) is 1.90. The molecule has 1 amide bonds. The first-order chi connectivity index (χ1) is 8.63. The minimum Gasteiger partial charge on any atom is -0.354 e. The maximum absolute atomic E-state index is 12.0. The Labute approximate surface area is 111 Å². The molecule has 0 aliphatic heterocycles. The lowest BCUT2D eigenvalue weighted by Gasteiger charge is -2.06. The van der Waals surface area contributed by atoms with Crippen LogP contribution in [0.2, 0.25) is 0 Å². The SMILES string of the molecule is CNC(=O)c1cc(C(=O)CC2CC2)cc(CCl)n1. The average Bonchev–Trinajstić information content (AvgIpc) is 3.20. The summed E-state index contributed by atoms with van der Waals surface area (Å²) in [4.78, 5) is 27.7. The van der Waals surface area contributed by atoms with E-state index >= 15 is 0 Å². The molecule has 1 aromatic rings. The van der Waals surface area contributed by atoms with Gasteiger partial charge in [0.15, 0.2) is 5.78 Å². The summed E-state index contributed by atoms with van der Waals surface area (Å²) in [5.41, 5.74) is 1.33. The molecular formula is C13H15ClN2O2. The number of aromatic nitrogens is 1. The van der Waals surface area contributed by atoms with Crippen LogP contribution in [0, 0.1) is 5.92 Å². The van der Waals surface area contributed by atoms with Crippen molar-refractivity contribution in [2.75, 3.05) is 7.05 Å². The van der Waals surface area contributed by atoms with Gasteiger partial charge >= 0.3 is 0 Å². The third kappa shape index (κ3) is 3.07. The number of Topliss-reactive ketones (excluding diaryl/α,β-unsaturated/α-hetero) is 1. The second-order valence-electron chi connectivity index (χ2n) is 4.52. The van der Waals surface area contributed by atoms with Gasteiger partial charge in [0.25, 0.3) is 5.91 Å². The maximum Gasteiger partial charge on any atom is 0.269 e. The highest BCUT2D eigenvalue weighted by Gasteiger charge is 2.25. The molecule has 0 bridgehead atoms. The molecule has 4 nitrogen and oxygen atoms in total. The molecule has 2 rings (SSSR count). The third-order valence-electron chi connectivity index (χ3n) is 2.97. The summed E-state index contributed by atoms with van der Waals surface area (Å²) in [5.74, 6) is 0.474. The monoisotopic (exact) mass is 266 g/mol. The molecule has 0 radical (unpaired) electrons. The molecule has 18 heavy (non-hydrogen) atoms. The van der Waals surface area contributed by atoms with E-state index in [1.54, 1.807) is 12.1 Å². The van der Waals surface area contributed by atoms with Gasteiger partial charge in [0.05, 0.1) is 11.6 Å². The van der Waals surface area contributed by atoms with Crippen LogP contribution in [0.25, 0.3) is 0 Å². The van der Waals surface area contributed by atoms with Crippen LogP contribution in [0.5, 0.6) is 0 Å². The number of rotatable bonds is 5. The van der Waals surface area contributed by atoms with Crippen LogP contribution in [0.4, 0.5) is 0 Å². The van der Waals surface area contributed by atoms with E-state index in [9.17, 15) is 9.59 Å². The smallest absolute Gasteiger partial charge is 0.269 e. The highest BCUT2D eigenvalue weighted by atomic mass is 35.5. The van der Waals surface area contributed by atoms with Crippen LogP contribution in [-0.4, -0.2) is 23.7 Å². The van der Waals surface area contributed by atoms with Crippen molar-refractivity contribution >= 4 is 23.3 Å². The van der Waals surface area contributed by atoms with Gasteiger partial charge in [-0.05, 0) is 30.9 Å². The number of nitrogens with zero attached hydrogens (tertiary/aromatic N) is 1. The molecule has 1 aliphatic carbocycles. The zero-order chi connectivity index (χ0) is 13.1. The van der Waals surface area contributed by atoms with Gasteiger partial charge in [-0.3, -0.25) is 9.59 Å². The molecule has 1 aromatic heterocycles. The molecule has 1 N–H and O–H groups in total. The summed E-state index contributed by atoms with van der Waals surface area (Å²) >= 11 is 5.74. The fraction of sp³-hybridized carbons (Fsp3) is 0.462. The van der Waals surface area contributed by atoms with Crippen LogP contribution in [0.15, 0.2) is 12.1 Å². The summed E-state index contributed by atoms with van der Waals surface area (Å²) in [6.45, 7) is 0. The van der Waals surface area contributed by atoms with E-state index in [0.29, 0.717) is 23.6 Å². The van der Waals surface area contributed by atoms with Gasteiger partial charge in [0.2, 0.25) is 0 Å². The lowest BCUT2D eigenvalue weighted by Crippen LogP contribution is -2.20. The maximum atomic E-state index is 12.0. The van der Waals surface area contributed by atoms with Crippen LogP contribution < -0.4 is 5.32 Å². The molecule has 0 aromatic carbocycles. The molecule has 1 heterocycles. The average molecular weight is 267 g/mol. The van der Waals surface area contributed by atoms with Crippen molar-refractivity contribution in [3.8, 4) is 0 Å². The molecule has 96 valence electrons. The number of pyridine rings is 1. The van der Waals surface area contributed by atoms with Crippen LogP contribution >= 0.6 is 11.6 Å². The normalized spacial score (nSPS) is 14.3. The van der Waals surface area contributed by atoms with Crippen molar-refractivity contribution in [1.82, 2.24) is 10.3 Å². The first-order valence-electron chi connectivity index (χ1n) is 5.96. The van der Waals surface area contributed by atoms with Crippen molar-refractivity contribution in [1.29, 1.82) is 0 Å². The molecule has 0 atom stereocenters. The fourth-order valence-electron chi connectivity index (χ4n) is 1.76. The first kappa shape index (κ1) is 13.0. The number of ketones is 1. The first-order valence-corrected chi connectivity index (χ1v) is 6.49. The van der Waals surface area contributed by atoms with Crippen molar-refractivity contribution in [3.63, 3.8) is 0 Å². The topological polar surface area (TPSA) is 59.1 Å². The minimum absolute atomic E-state index is 0.0661.